The van der Waals surface area contributed by atoms with Gasteiger partial charge in [0.1, 0.15) is 5.01 Å². The molecule has 2 N–H and O–H groups in total. The van der Waals surface area contributed by atoms with Gasteiger partial charge in [0.15, 0.2) is 0 Å². The molecule has 6 heteroatoms. The second-order valence-corrected chi connectivity index (χ2v) is 8.07. The van der Waals surface area contributed by atoms with Crippen LogP contribution in [0.3, 0.4) is 0 Å². The molecule has 0 radical (unpaired) electrons. The van der Waals surface area contributed by atoms with E-state index in [1.807, 2.05) is 18.5 Å². The molecule has 1 fully saturated rings. The first-order valence-electron chi connectivity index (χ1n) is 9.57. The SMILES string of the molecule is c1ccc([C@H]2CCN[C@H]2CNc2nnc(-c3ccc4cnccc4c3)s2)cc1. The maximum absolute atomic E-state index is 4.39. The lowest BCUT2D eigenvalue weighted by Crippen LogP contribution is -2.33. The molecule has 28 heavy (non-hydrogen) atoms. The molecule has 140 valence electrons. The summed E-state index contributed by atoms with van der Waals surface area (Å²) in [5.74, 6) is 0.537. The van der Waals surface area contributed by atoms with E-state index >= 15 is 0 Å². The van der Waals surface area contributed by atoms with Gasteiger partial charge in [-0.05, 0) is 36.0 Å². The maximum atomic E-state index is 4.39. The zero-order chi connectivity index (χ0) is 18.8. The molecule has 0 amide bonds. The van der Waals surface area contributed by atoms with Crippen molar-refractivity contribution in [3.63, 3.8) is 0 Å². The van der Waals surface area contributed by atoms with Crippen LogP contribution in [0, 0.1) is 0 Å². The van der Waals surface area contributed by atoms with Crippen molar-refractivity contribution in [2.75, 3.05) is 18.4 Å². The van der Waals surface area contributed by atoms with Crippen LogP contribution in [-0.4, -0.2) is 34.3 Å². The van der Waals surface area contributed by atoms with Crippen LogP contribution in [0.1, 0.15) is 17.9 Å². The van der Waals surface area contributed by atoms with Crippen molar-refractivity contribution in [3.8, 4) is 10.6 Å². The number of fused-ring (bicyclic) bond motifs is 1. The van der Waals surface area contributed by atoms with E-state index in [4.69, 9.17) is 0 Å². The Morgan fingerprint density at radius 1 is 1.04 bits per heavy atom. The van der Waals surface area contributed by atoms with Crippen LogP contribution >= 0.6 is 11.3 Å². The highest BCUT2D eigenvalue weighted by Gasteiger charge is 2.28. The molecule has 2 atom stereocenters. The lowest BCUT2D eigenvalue weighted by Gasteiger charge is -2.20. The molecule has 0 spiro atoms. The number of nitrogens with zero attached hydrogens (tertiary/aromatic N) is 3. The summed E-state index contributed by atoms with van der Waals surface area (Å²) in [7, 11) is 0. The third-order valence-electron chi connectivity index (χ3n) is 5.36. The van der Waals surface area contributed by atoms with E-state index in [1.165, 1.54) is 12.0 Å². The zero-order valence-electron chi connectivity index (χ0n) is 15.4. The average molecular weight is 388 g/mol. The smallest absolute Gasteiger partial charge is 0.206 e. The minimum atomic E-state index is 0.405. The van der Waals surface area contributed by atoms with Crippen molar-refractivity contribution in [2.24, 2.45) is 0 Å². The first kappa shape index (κ1) is 17.3. The van der Waals surface area contributed by atoms with Crippen LogP contribution in [0.4, 0.5) is 5.13 Å². The summed E-state index contributed by atoms with van der Waals surface area (Å²) in [5.41, 5.74) is 2.49. The van der Waals surface area contributed by atoms with E-state index in [9.17, 15) is 0 Å². The Morgan fingerprint density at radius 3 is 2.89 bits per heavy atom. The van der Waals surface area contributed by atoms with Crippen LogP contribution < -0.4 is 10.6 Å². The Labute approximate surface area is 167 Å². The van der Waals surface area contributed by atoms with Gasteiger partial charge in [-0.2, -0.15) is 0 Å². The fourth-order valence-electron chi connectivity index (χ4n) is 3.91. The van der Waals surface area contributed by atoms with E-state index in [2.05, 4.69) is 74.3 Å². The summed E-state index contributed by atoms with van der Waals surface area (Å²) in [5, 5.41) is 19.9. The third kappa shape index (κ3) is 3.48. The van der Waals surface area contributed by atoms with Crippen LogP contribution in [0.5, 0.6) is 0 Å². The quantitative estimate of drug-likeness (QED) is 0.534. The number of nitrogens with one attached hydrogen (secondary N) is 2. The summed E-state index contributed by atoms with van der Waals surface area (Å²) in [6, 6.07) is 19.5. The molecule has 2 aromatic heterocycles. The highest BCUT2D eigenvalue weighted by molar-refractivity contribution is 7.18. The fraction of sp³-hybridized carbons (Fsp3) is 0.227. The van der Waals surface area contributed by atoms with Gasteiger partial charge in [0.05, 0.1) is 0 Å². The molecule has 5 rings (SSSR count). The van der Waals surface area contributed by atoms with Crippen molar-refractivity contribution in [1.29, 1.82) is 0 Å². The summed E-state index contributed by atoms with van der Waals surface area (Å²) < 4.78 is 0. The molecule has 1 saturated heterocycles. The van der Waals surface area contributed by atoms with Crippen molar-refractivity contribution in [3.05, 3.63) is 72.6 Å². The van der Waals surface area contributed by atoms with Crippen LogP contribution in [0.25, 0.3) is 21.3 Å². The molecule has 2 aromatic carbocycles. The van der Waals surface area contributed by atoms with Gasteiger partial charge in [0.2, 0.25) is 5.13 Å². The molecule has 0 bridgehead atoms. The van der Waals surface area contributed by atoms with Gasteiger partial charge in [-0.15, -0.1) is 10.2 Å². The van der Waals surface area contributed by atoms with Gasteiger partial charge < -0.3 is 10.6 Å². The second kappa shape index (κ2) is 7.66. The first-order valence-corrected chi connectivity index (χ1v) is 10.4. The number of benzene rings is 2. The molecule has 1 aliphatic rings. The number of hydrogen-bond donors (Lipinski definition) is 2. The predicted octanol–water partition coefficient (Wildman–Crippen LogP) is 4.31. The van der Waals surface area contributed by atoms with E-state index < -0.39 is 0 Å². The topological polar surface area (TPSA) is 62.7 Å². The third-order valence-corrected chi connectivity index (χ3v) is 6.29. The van der Waals surface area contributed by atoms with E-state index in [-0.39, 0.29) is 0 Å². The molecule has 3 heterocycles. The van der Waals surface area contributed by atoms with Crippen molar-refractivity contribution >= 4 is 27.2 Å². The van der Waals surface area contributed by atoms with Gasteiger partial charge in [0, 0.05) is 41.8 Å². The largest absolute Gasteiger partial charge is 0.358 e. The Kier molecular flexibility index (Phi) is 4.72. The van der Waals surface area contributed by atoms with Gasteiger partial charge in [0.25, 0.3) is 0 Å². The highest BCUT2D eigenvalue weighted by atomic mass is 32.1. The fourth-order valence-corrected chi connectivity index (χ4v) is 4.65. The number of aromatic nitrogens is 3. The Bertz CT molecular complexity index is 1080. The molecule has 4 aromatic rings. The first-order chi connectivity index (χ1) is 13.9. The number of pyridine rings is 1. The Morgan fingerprint density at radius 2 is 1.96 bits per heavy atom. The van der Waals surface area contributed by atoms with Gasteiger partial charge in [-0.1, -0.05) is 53.8 Å². The molecule has 0 saturated carbocycles. The van der Waals surface area contributed by atoms with Gasteiger partial charge >= 0.3 is 0 Å². The zero-order valence-corrected chi connectivity index (χ0v) is 16.2. The van der Waals surface area contributed by atoms with Gasteiger partial charge in [-0.3, -0.25) is 4.98 Å². The Balaban J connectivity index is 1.28. The van der Waals surface area contributed by atoms with E-state index in [1.54, 1.807) is 11.3 Å². The summed E-state index contributed by atoms with van der Waals surface area (Å²) in [6.07, 6.45) is 4.87. The minimum Gasteiger partial charge on any atom is -0.358 e. The highest BCUT2D eigenvalue weighted by Crippen LogP contribution is 2.30. The standard InChI is InChI=1S/C22H21N5S/c1-2-4-15(5-3-1)19-9-11-24-20(19)14-25-22-27-26-21(28-22)17-6-7-18-13-23-10-8-16(18)12-17/h1-8,10,12-13,19-20,24H,9,11,14H2,(H,25,27)/t19-,20+/m1/s1. The molecular weight excluding hydrogens is 366 g/mol. The minimum absolute atomic E-state index is 0.405. The normalized spacial score (nSPS) is 19.1. The summed E-state index contributed by atoms with van der Waals surface area (Å²) in [6.45, 7) is 1.90. The Hall–Kier alpha value is -2.83. The molecular formula is C22H21N5S. The van der Waals surface area contributed by atoms with E-state index in [0.717, 1.165) is 39.6 Å². The van der Waals surface area contributed by atoms with Crippen molar-refractivity contribution < 1.29 is 0 Å². The van der Waals surface area contributed by atoms with Crippen molar-refractivity contribution in [2.45, 2.75) is 18.4 Å². The van der Waals surface area contributed by atoms with Crippen molar-refractivity contribution in [1.82, 2.24) is 20.5 Å². The molecule has 0 aliphatic carbocycles. The summed E-state index contributed by atoms with van der Waals surface area (Å²) >= 11 is 1.60. The van der Waals surface area contributed by atoms with Crippen LogP contribution in [-0.2, 0) is 0 Å². The number of hydrogen-bond acceptors (Lipinski definition) is 6. The molecule has 0 unspecified atom stereocenters. The van der Waals surface area contributed by atoms with Crippen LogP contribution in [0.2, 0.25) is 0 Å². The lowest BCUT2D eigenvalue weighted by molar-refractivity contribution is 0.570. The lowest BCUT2D eigenvalue weighted by atomic mass is 9.92. The second-order valence-electron chi connectivity index (χ2n) is 7.10. The van der Waals surface area contributed by atoms with Crippen LogP contribution in [0.15, 0.2) is 67.0 Å². The maximum Gasteiger partial charge on any atom is 0.206 e. The predicted molar refractivity (Wildman–Crippen MR) is 115 cm³/mol. The monoisotopic (exact) mass is 387 g/mol. The van der Waals surface area contributed by atoms with E-state index in [0.29, 0.717) is 12.0 Å². The summed E-state index contributed by atoms with van der Waals surface area (Å²) in [4.78, 5) is 4.17. The number of rotatable bonds is 5. The number of anilines is 1. The molecule has 1 aliphatic heterocycles. The molecule has 5 nitrogen and oxygen atoms in total. The van der Waals surface area contributed by atoms with Gasteiger partial charge in [-0.25, -0.2) is 0 Å². The average Bonchev–Trinajstić information content (AvgIpc) is 3.42.